The molecule has 1 aliphatic carbocycles. The summed E-state index contributed by atoms with van der Waals surface area (Å²) in [7, 11) is 0. The minimum Gasteiger partial charge on any atom is -0.455 e. The van der Waals surface area contributed by atoms with E-state index < -0.39 is 4.92 Å². The van der Waals surface area contributed by atoms with Gasteiger partial charge in [-0.3, -0.25) is 24.6 Å². The number of rotatable bonds is 8. The molecule has 1 aliphatic rings. The standard InChI is InChI=1S/C19H19N3O5S/c1-3-8-21(17(23)10-27-18(24)15-9-12(15)2)19-20-16(11-28-19)13-4-6-14(7-5-13)22(25)26/h3-7,11-12,15H,1,8-10H2,2H3/t12-,15-/m1/s1. The van der Waals surface area contributed by atoms with Crippen molar-refractivity contribution in [1.82, 2.24) is 4.98 Å². The van der Waals surface area contributed by atoms with Gasteiger partial charge in [0.1, 0.15) is 0 Å². The highest BCUT2D eigenvalue weighted by molar-refractivity contribution is 7.14. The van der Waals surface area contributed by atoms with Gasteiger partial charge in [-0.1, -0.05) is 13.0 Å². The van der Waals surface area contributed by atoms with Crippen molar-refractivity contribution in [3.63, 3.8) is 0 Å². The van der Waals surface area contributed by atoms with Gasteiger partial charge in [0.15, 0.2) is 11.7 Å². The van der Waals surface area contributed by atoms with Crippen LogP contribution in [0.4, 0.5) is 10.8 Å². The van der Waals surface area contributed by atoms with Gasteiger partial charge in [-0.25, -0.2) is 4.98 Å². The Balaban J connectivity index is 1.69. The zero-order valence-corrected chi connectivity index (χ0v) is 16.1. The van der Waals surface area contributed by atoms with Gasteiger partial charge in [0.2, 0.25) is 0 Å². The van der Waals surface area contributed by atoms with E-state index in [0.29, 0.717) is 22.3 Å². The topological polar surface area (TPSA) is 103 Å². The molecule has 146 valence electrons. The summed E-state index contributed by atoms with van der Waals surface area (Å²) in [5.74, 6) is -0.513. The summed E-state index contributed by atoms with van der Waals surface area (Å²) in [4.78, 5) is 40.5. The third kappa shape index (κ3) is 4.42. The minimum absolute atomic E-state index is 0.00513. The Morgan fingerprint density at radius 3 is 2.68 bits per heavy atom. The van der Waals surface area contributed by atoms with E-state index in [4.69, 9.17) is 4.74 Å². The minimum atomic E-state index is -0.468. The van der Waals surface area contributed by atoms with Crippen LogP contribution in [-0.2, 0) is 14.3 Å². The van der Waals surface area contributed by atoms with Crippen LogP contribution in [-0.4, -0.2) is 34.9 Å². The molecule has 0 spiro atoms. The first kappa shape index (κ1) is 19.7. The molecule has 0 N–H and O–H groups in total. The summed E-state index contributed by atoms with van der Waals surface area (Å²) in [6.45, 7) is 5.50. The lowest BCUT2D eigenvalue weighted by Crippen LogP contribution is -2.35. The van der Waals surface area contributed by atoms with Crippen molar-refractivity contribution in [3.8, 4) is 11.3 Å². The SMILES string of the molecule is C=CCN(C(=O)COC(=O)[C@@H]1C[C@H]1C)c1nc(-c2ccc([N+](=O)[O-])cc2)cs1. The maximum Gasteiger partial charge on any atom is 0.309 e. The van der Waals surface area contributed by atoms with Gasteiger partial charge in [0, 0.05) is 29.6 Å². The number of benzene rings is 1. The zero-order chi connectivity index (χ0) is 20.3. The molecule has 1 fully saturated rings. The molecule has 0 aliphatic heterocycles. The van der Waals surface area contributed by atoms with Crippen molar-refractivity contribution in [2.24, 2.45) is 11.8 Å². The third-order valence-electron chi connectivity index (χ3n) is 4.46. The van der Waals surface area contributed by atoms with Gasteiger partial charge in [-0.2, -0.15) is 0 Å². The summed E-state index contributed by atoms with van der Waals surface area (Å²) in [5.41, 5.74) is 1.29. The maximum atomic E-state index is 12.5. The number of hydrogen-bond acceptors (Lipinski definition) is 7. The van der Waals surface area contributed by atoms with Crippen molar-refractivity contribution in [2.45, 2.75) is 13.3 Å². The van der Waals surface area contributed by atoms with E-state index in [2.05, 4.69) is 11.6 Å². The van der Waals surface area contributed by atoms with E-state index in [0.717, 1.165) is 6.42 Å². The van der Waals surface area contributed by atoms with Crippen LogP contribution in [0.1, 0.15) is 13.3 Å². The Labute approximate surface area is 165 Å². The van der Waals surface area contributed by atoms with Gasteiger partial charge in [0.05, 0.1) is 16.5 Å². The van der Waals surface area contributed by atoms with E-state index in [1.54, 1.807) is 23.6 Å². The smallest absolute Gasteiger partial charge is 0.309 e. The first-order chi connectivity index (χ1) is 13.4. The van der Waals surface area contributed by atoms with Gasteiger partial charge in [-0.05, 0) is 24.5 Å². The normalized spacial score (nSPS) is 17.6. The molecule has 0 radical (unpaired) electrons. The predicted molar refractivity (Wildman–Crippen MR) is 105 cm³/mol. The number of nitro groups is 1. The van der Waals surface area contributed by atoms with Crippen LogP contribution in [0.15, 0.2) is 42.3 Å². The Morgan fingerprint density at radius 2 is 2.11 bits per heavy atom. The number of nitrogens with zero attached hydrogens (tertiary/aromatic N) is 3. The lowest BCUT2D eigenvalue weighted by atomic mass is 10.1. The fraction of sp³-hybridized carbons (Fsp3) is 0.316. The maximum absolute atomic E-state index is 12.5. The number of esters is 1. The highest BCUT2D eigenvalue weighted by Gasteiger charge is 2.40. The Bertz CT molecular complexity index is 909. The van der Waals surface area contributed by atoms with Crippen LogP contribution in [0.2, 0.25) is 0 Å². The molecule has 1 aromatic heterocycles. The van der Waals surface area contributed by atoms with Gasteiger partial charge >= 0.3 is 5.97 Å². The van der Waals surface area contributed by atoms with Crippen LogP contribution >= 0.6 is 11.3 Å². The van der Waals surface area contributed by atoms with Gasteiger partial charge in [-0.15, -0.1) is 17.9 Å². The van der Waals surface area contributed by atoms with Crippen LogP contribution < -0.4 is 4.90 Å². The second-order valence-electron chi connectivity index (χ2n) is 6.54. The van der Waals surface area contributed by atoms with E-state index in [-0.39, 0.29) is 36.6 Å². The Kier molecular flexibility index (Phi) is 5.84. The number of nitro benzene ring substituents is 1. The van der Waals surface area contributed by atoms with E-state index >= 15 is 0 Å². The zero-order valence-electron chi connectivity index (χ0n) is 15.2. The number of hydrogen-bond donors (Lipinski definition) is 0. The molecular weight excluding hydrogens is 382 g/mol. The average Bonchev–Trinajstić information content (AvgIpc) is 3.23. The predicted octanol–water partition coefficient (Wildman–Crippen LogP) is 3.44. The monoisotopic (exact) mass is 401 g/mol. The number of non-ortho nitro benzene ring substituents is 1. The molecule has 1 saturated carbocycles. The fourth-order valence-corrected chi connectivity index (χ4v) is 3.52. The highest BCUT2D eigenvalue weighted by atomic mass is 32.1. The molecule has 0 saturated heterocycles. The molecule has 8 nitrogen and oxygen atoms in total. The number of amides is 1. The summed E-state index contributed by atoms with van der Waals surface area (Å²) in [5, 5.41) is 13.0. The van der Waals surface area contributed by atoms with Crippen LogP contribution in [0.5, 0.6) is 0 Å². The van der Waals surface area contributed by atoms with Crippen LogP contribution in [0, 0.1) is 22.0 Å². The van der Waals surface area contributed by atoms with E-state index in [1.807, 2.05) is 6.92 Å². The number of ether oxygens (including phenoxy) is 1. The lowest BCUT2D eigenvalue weighted by molar-refractivity contribution is -0.384. The van der Waals surface area contributed by atoms with Crippen LogP contribution in [0.25, 0.3) is 11.3 Å². The van der Waals surface area contributed by atoms with Crippen molar-refractivity contribution in [1.29, 1.82) is 0 Å². The summed E-state index contributed by atoms with van der Waals surface area (Å²) in [6.07, 6.45) is 2.37. The number of aromatic nitrogens is 1. The molecule has 2 atom stereocenters. The molecule has 0 unspecified atom stereocenters. The molecule has 28 heavy (non-hydrogen) atoms. The lowest BCUT2D eigenvalue weighted by Gasteiger charge is -2.17. The van der Waals surface area contributed by atoms with Crippen molar-refractivity contribution in [2.75, 3.05) is 18.1 Å². The first-order valence-electron chi connectivity index (χ1n) is 8.69. The Hall–Kier alpha value is -3.07. The van der Waals surface area contributed by atoms with Gasteiger partial charge in [0.25, 0.3) is 11.6 Å². The molecule has 3 rings (SSSR count). The molecule has 0 bridgehead atoms. The van der Waals surface area contributed by atoms with Gasteiger partial charge < -0.3 is 4.74 Å². The summed E-state index contributed by atoms with van der Waals surface area (Å²) < 4.78 is 5.12. The molecule has 9 heteroatoms. The second kappa shape index (κ2) is 8.30. The molecule has 1 aromatic carbocycles. The Morgan fingerprint density at radius 1 is 1.43 bits per heavy atom. The van der Waals surface area contributed by atoms with Crippen LogP contribution in [0.3, 0.4) is 0 Å². The molecule has 1 heterocycles. The largest absolute Gasteiger partial charge is 0.455 e. The average molecular weight is 401 g/mol. The summed E-state index contributed by atoms with van der Waals surface area (Å²) >= 11 is 1.26. The van der Waals surface area contributed by atoms with E-state index in [1.165, 1.54) is 28.4 Å². The van der Waals surface area contributed by atoms with Crippen molar-refractivity contribution < 1.29 is 19.2 Å². The molecule has 1 amide bonds. The third-order valence-corrected chi connectivity index (χ3v) is 5.32. The number of anilines is 1. The second-order valence-corrected chi connectivity index (χ2v) is 7.38. The summed E-state index contributed by atoms with van der Waals surface area (Å²) in [6, 6.07) is 6.02. The number of thiazole rings is 1. The molecular formula is C19H19N3O5S. The quantitative estimate of drug-likeness (QED) is 0.291. The first-order valence-corrected chi connectivity index (χ1v) is 9.57. The molecule has 2 aromatic rings. The van der Waals surface area contributed by atoms with Crippen molar-refractivity contribution >= 4 is 34.0 Å². The highest BCUT2D eigenvalue weighted by Crippen LogP contribution is 2.38. The number of carbonyl (C=O) groups is 2. The van der Waals surface area contributed by atoms with Crippen molar-refractivity contribution in [3.05, 3.63) is 52.4 Å². The van der Waals surface area contributed by atoms with E-state index in [9.17, 15) is 19.7 Å². The number of carbonyl (C=O) groups excluding carboxylic acids is 2. The fourth-order valence-electron chi connectivity index (χ4n) is 2.66.